The highest BCUT2D eigenvalue weighted by Crippen LogP contribution is 2.31. The van der Waals surface area contributed by atoms with Crippen molar-refractivity contribution in [1.29, 1.82) is 0 Å². The molecule has 0 saturated heterocycles. The fraction of sp³-hybridized carbons (Fsp3) is 0.394. The second-order valence-corrected chi connectivity index (χ2v) is 11.5. The van der Waals surface area contributed by atoms with Gasteiger partial charge in [-0.2, -0.15) is 0 Å². The van der Waals surface area contributed by atoms with Gasteiger partial charge in [0, 0.05) is 12.7 Å². The average Bonchev–Trinajstić information content (AvgIpc) is 2.90. The van der Waals surface area contributed by atoms with Crippen LogP contribution in [0.5, 0.6) is 0 Å². The summed E-state index contributed by atoms with van der Waals surface area (Å²) < 4.78 is 7.05. The van der Waals surface area contributed by atoms with Crippen LogP contribution in [0.25, 0.3) is 11.1 Å². The zero-order chi connectivity index (χ0) is 30.2. The molecule has 1 aromatic heterocycles. The lowest BCUT2D eigenvalue weighted by molar-refractivity contribution is -0.157. The van der Waals surface area contributed by atoms with E-state index in [2.05, 4.69) is 42.4 Å². The normalized spacial score (nSPS) is 12.7. The Hall–Kier alpha value is -4.20. The summed E-state index contributed by atoms with van der Waals surface area (Å²) in [5.74, 6) is -0.412. The minimum Gasteiger partial charge on any atom is -0.458 e. The number of esters is 1. The summed E-state index contributed by atoms with van der Waals surface area (Å²) >= 11 is 0. The van der Waals surface area contributed by atoms with E-state index in [1.54, 1.807) is 40.0 Å². The number of rotatable bonds is 11. The van der Waals surface area contributed by atoms with Crippen LogP contribution in [-0.2, 0) is 16.1 Å². The highest BCUT2D eigenvalue weighted by Gasteiger charge is 2.27. The van der Waals surface area contributed by atoms with Crippen LogP contribution in [0.3, 0.4) is 0 Å². The summed E-state index contributed by atoms with van der Waals surface area (Å²) in [4.78, 5) is 43.9. The minimum atomic E-state index is -0.934. The molecule has 3 N–H and O–H groups in total. The predicted octanol–water partition coefficient (Wildman–Crippen LogP) is 5.28. The first-order valence-corrected chi connectivity index (χ1v) is 14.0. The molecule has 0 unspecified atom stereocenters. The highest BCUT2D eigenvalue weighted by atomic mass is 16.6. The van der Waals surface area contributed by atoms with E-state index >= 15 is 0 Å². The van der Waals surface area contributed by atoms with Gasteiger partial charge in [-0.3, -0.25) is 14.6 Å². The number of nitrogens with zero attached hydrogens (tertiary/aromatic N) is 2. The topological polar surface area (TPSA) is 116 Å². The third kappa shape index (κ3) is 8.90. The molecular weight excluding hydrogens is 516 g/mol. The van der Waals surface area contributed by atoms with Crippen LogP contribution in [0.2, 0.25) is 0 Å². The number of benzene rings is 2. The van der Waals surface area contributed by atoms with Crippen LogP contribution in [0, 0.1) is 0 Å². The number of aromatic nitrogens is 1. The number of nitrogens with one attached hydrogen (secondary N) is 1. The second-order valence-electron chi connectivity index (χ2n) is 11.5. The van der Waals surface area contributed by atoms with Crippen molar-refractivity contribution in [2.24, 2.45) is 10.7 Å². The van der Waals surface area contributed by atoms with Crippen LogP contribution in [-0.4, -0.2) is 40.5 Å². The van der Waals surface area contributed by atoms with Gasteiger partial charge in [0.15, 0.2) is 0 Å². The molecule has 41 heavy (non-hydrogen) atoms. The number of pyridine rings is 1. The van der Waals surface area contributed by atoms with E-state index in [4.69, 9.17) is 10.5 Å². The van der Waals surface area contributed by atoms with Crippen molar-refractivity contribution in [2.75, 3.05) is 6.54 Å². The molecule has 1 atom stereocenters. The first kappa shape index (κ1) is 31.3. The monoisotopic (exact) mass is 558 g/mol. The number of hydrogen-bond acceptors (Lipinski definition) is 5. The maximum absolute atomic E-state index is 13.5. The Kier molecular flexibility index (Phi) is 10.6. The lowest BCUT2D eigenvalue weighted by Gasteiger charge is -2.24. The van der Waals surface area contributed by atoms with E-state index < -0.39 is 29.1 Å². The molecule has 0 aliphatic rings. The number of carbonyl (C=O) groups is 2. The van der Waals surface area contributed by atoms with Gasteiger partial charge >= 0.3 is 5.97 Å². The molecule has 218 valence electrons. The first-order chi connectivity index (χ1) is 19.4. The molecule has 1 amide bonds. The van der Waals surface area contributed by atoms with Gasteiger partial charge in [-0.25, -0.2) is 4.79 Å². The average molecular weight is 559 g/mol. The van der Waals surface area contributed by atoms with E-state index in [0.717, 1.165) is 16.7 Å². The Bertz CT molecular complexity index is 1450. The Morgan fingerprint density at radius 3 is 2.32 bits per heavy atom. The highest BCUT2D eigenvalue weighted by molar-refractivity contribution is 5.96. The van der Waals surface area contributed by atoms with Crippen LogP contribution < -0.4 is 16.6 Å². The van der Waals surface area contributed by atoms with Gasteiger partial charge in [0.25, 0.3) is 11.5 Å². The van der Waals surface area contributed by atoms with Crippen molar-refractivity contribution in [1.82, 2.24) is 9.88 Å². The molecule has 0 aliphatic carbocycles. The third-order valence-electron chi connectivity index (χ3n) is 6.50. The van der Waals surface area contributed by atoms with Gasteiger partial charge in [-0.05, 0) is 80.8 Å². The summed E-state index contributed by atoms with van der Waals surface area (Å²) in [6.45, 7) is 12.0. The molecule has 3 aromatic rings. The van der Waals surface area contributed by atoms with Crippen molar-refractivity contribution in [3.63, 3.8) is 0 Å². The Labute approximate surface area is 242 Å². The molecule has 8 heteroatoms. The molecule has 0 bridgehead atoms. The lowest BCUT2D eigenvalue weighted by Crippen LogP contribution is -2.45. The summed E-state index contributed by atoms with van der Waals surface area (Å²) in [6.07, 6.45) is 2.47. The van der Waals surface area contributed by atoms with Crippen molar-refractivity contribution in [3.05, 3.63) is 93.9 Å². The number of ether oxygens (including phenoxy) is 1. The van der Waals surface area contributed by atoms with Crippen molar-refractivity contribution >= 4 is 17.7 Å². The summed E-state index contributed by atoms with van der Waals surface area (Å²) in [5.41, 5.74) is 8.74. The zero-order valence-corrected chi connectivity index (χ0v) is 24.9. The fourth-order valence-electron chi connectivity index (χ4n) is 4.59. The molecular formula is C33H42N4O4. The third-order valence-corrected chi connectivity index (χ3v) is 6.50. The lowest BCUT2D eigenvalue weighted by atomic mass is 9.90. The van der Waals surface area contributed by atoms with E-state index in [1.165, 1.54) is 16.2 Å². The van der Waals surface area contributed by atoms with Gasteiger partial charge in [-0.15, -0.1) is 0 Å². The Balaban J connectivity index is 1.88. The first-order valence-electron chi connectivity index (χ1n) is 14.0. The standard InChI is InChI=1S/C33H42N4O4/c1-22(2)25-14-9-10-16-27(25)26-15-8-7-13-24(26)21-37-20-12-17-28(31(37)39)30(38)36-29(18-11-19-35-23(3)34)32(40)41-33(4,5)6/h7-10,12-17,20,22,29H,11,18-19,21H2,1-6H3,(H2,34,35)(H,36,38)/t29-/m0/s1. The molecule has 2 aromatic carbocycles. The summed E-state index contributed by atoms with van der Waals surface area (Å²) in [5, 5.41) is 2.73. The SMILES string of the molecule is CC(N)=NCCC[C@H](NC(=O)c1cccn(Cc2ccccc2-c2ccccc2C(C)C)c1=O)C(=O)OC(C)(C)C. The van der Waals surface area contributed by atoms with Gasteiger partial charge < -0.3 is 20.4 Å². The van der Waals surface area contributed by atoms with Gasteiger partial charge in [-0.1, -0.05) is 62.4 Å². The number of amides is 1. The minimum absolute atomic E-state index is 0.0445. The van der Waals surface area contributed by atoms with E-state index in [-0.39, 0.29) is 12.1 Å². The van der Waals surface area contributed by atoms with Crippen molar-refractivity contribution < 1.29 is 14.3 Å². The number of nitrogens with two attached hydrogens (primary N) is 1. The fourth-order valence-corrected chi connectivity index (χ4v) is 4.59. The molecule has 0 saturated carbocycles. The number of carbonyl (C=O) groups excluding carboxylic acids is 2. The molecule has 0 fully saturated rings. The number of hydrogen-bond donors (Lipinski definition) is 2. The maximum atomic E-state index is 13.5. The predicted molar refractivity (Wildman–Crippen MR) is 164 cm³/mol. The Morgan fingerprint density at radius 1 is 1.00 bits per heavy atom. The molecule has 8 nitrogen and oxygen atoms in total. The second kappa shape index (κ2) is 13.9. The molecule has 0 radical (unpaired) electrons. The van der Waals surface area contributed by atoms with Crippen LogP contribution in [0.4, 0.5) is 0 Å². The molecule has 3 rings (SSSR count). The van der Waals surface area contributed by atoms with E-state index in [1.807, 2.05) is 30.3 Å². The summed E-state index contributed by atoms with van der Waals surface area (Å²) in [7, 11) is 0. The van der Waals surface area contributed by atoms with Gasteiger partial charge in [0.05, 0.1) is 12.4 Å². The van der Waals surface area contributed by atoms with Crippen LogP contribution in [0.1, 0.15) is 81.8 Å². The maximum Gasteiger partial charge on any atom is 0.329 e. The van der Waals surface area contributed by atoms with Gasteiger partial charge in [0.1, 0.15) is 17.2 Å². The molecule has 0 aliphatic heterocycles. The number of aliphatic imine (C=N–C) groups is 1. The van der Waals surface area contributed by atoms with E-state index in [0.29, 0.717) is 31.1 Å². The van der Waals surface area contributed by atoms with Gasteiger partial charge in [0.2, 0.25) is 0 Å². The molecule has 0 spiro atoms. The zero-order valence-electron chi connectivity index (χ0n) is 24.9. The number of amidine groups is 1. The largest absolute Gasteiger partial charge is 0.458 e. The molecule has 1 heterocycles. The van der Waals surface area contributed by atoms with Crippen LogP contribution in [0.15, 0.2) is 76.6 Å². The van der Waals surface area contributed by atoms with Crippen LogP contribution >= 0.6 is 0 Å². The quantitative estimate of drug-likeness (QED) is 0.144. The Morgan fingerprint density at radius 2 is 1.66 bits per heavy atom. The van der Waals surface area contributed by atoms with E-state index in [9.17, 15) is 14.4 Å². The smallest absolute Gasteiger partial charge is 0.329 e. The van der Waals surface area contributed by atoms with Crippen molar-refractivity contribution in [3.8, 4) is 11.1 Å². The van der Waals surface area contributed by atoms with Crippen molar-refractivity contribution in [2.45, 2.75) is 78.5 Å². The summed E-state index contributed by atoms with van der Waals surface area (Å²) in [6, 6.07) is 18.5.